The second-order valence-corrected chi connectivity index (χ2v) is 5.83. The molecule has 2 unspecified atom stereocenters. The van der Waals surface area contributed by atoms with Crippen molar-refractivity contribution in [1.82, 2.24) is 4.90 Å². The second-order valence-electron chi connectivity index (χ2n) is 5.40. The van der Waals surface area contributed by atoms with E-state index in [1.807, 2.05) is 30.3 Å². The van der Waals surface area contributed by atoms with Crippen molar-refractivity contribution in [3.05, 3.63) is 75.5 Å². The van der Waals surface area contributed by atoms with E-state index in [0.717, 1.165) is 5.56 Å². The summed E-state index contributed by atoms with van der Waals surface area (Å²) in [5.74, 6) is -0.0867. The molecule has 2 aliphatic rings. The quantitative estimate of drug-likeness (QED) is 0.809. The van der Waals surface area contributed by atoms with Crippen molar-refractivity contribution in [2.45, 2.75) is 5.66 Å². The topological polar surface area (TPSA) is 47.8 Å². The fourth-order valence-electron chi connectivity index (χ4n) is 3.56. The van der Waals surface area contributed by atoms with Gasteiger partial charge in [0.25, 0.3) is 5.91 Å². The summed E-state index contributed by atoms with van der Waals surface area (Å²) in [6.45, 7) is 0.839. The first kappa shape index (κ1) is 12.8. The van der Waals surface area contributed by atoms with Crippen LogP contribution in [0.25, 0.3) is 0 Å². The maximum Gasteiger partial charge on any atom is 0.259 e. The van der Waals surface area contributed by atoms with Crippen LogP contribution < -0.4 is 5.06 Å². The van der Waals surface area contributed by atoms with Crippen LogP contribution >= 0.6 is 11.6 Å². The molecule has 2 aromatic carbocycles. The molecule has 2 atom stereocenters. The number of hydrogen-bond donors (Lipinski definition) is 1. The van der Waals surface area contributed by atoms with Crippen molar-refractivity contribution in [2.24, 2.45) is 0 Å². The number of benzene rings is 2. The van der Waals surface area contributed by atoms with Gasteiger partial charge in [-0.05, 0) is 18.2 Å². The highest BCUT2D eigenvalue weighted by atomic mass is 35.5. The predicted octanol–water partition coefficient (Wildman–Crippen LogP) is 1.39. The number of nitrogens with one attached hydrogen (secondary N) is 1. The summed E-state index contributed by atoms with van der Waals surface area (Å²) < 4.78 is 0. The number of hydrogen-bond acceptors (Lipinski definition) is 2. The molecule has 2 aliphatic heterocycles. The van der Waals surface area contributed by atoms with Crippen LogP contribution in [0.3, 0.4) is 0 Å². The SMILES string of the molecule is O=C1c2ccc(Cl)cc2C2(c3ccccc3)N1CC[NH+]2[O-]. The Morgan fingerprint density at radius 2 is 1.95 bits per heavy atom. The number of carbonyl (C=O) groups excluding carboxylic acids is 1. The molecule has 0 aliphatic carbocycles. The van der Waals surface area contributed by atoms with E-state index in [-0.39, 0.29) is 11.0 Å². The van der Waals surface area contributed by atoms with Crippen LogP contribution in [0.15, 0.2) is 48.5 Å². The molecule has 4 nitrogen and oxygen atoms in total. The highest BCUT2D eigenvalue weighted by Crippen LogP contribution is 2.42. The Balaban J connectivity index is 2.06. The smallest absolute Gasteiger partial charge is 0.259 e. The molecule has 0 bridgehead atoms. The highest BCUT2D eigenvalue weighted by molar-refractivity contribution is 6.30. The summed E-state index contributed by atoms with van der Waals surface area (Å²) in [7, 11) is 0. The largest absolute Gasteiger partial charge is 0.632 e. The Morgan fingerprint density at radius 3 is 2.71 bits per heavy atom. The van der Waals surface area contributed by atoms with Gasteiger partial charge in [-0.15, -0.1) is 0 Å². The van der Waals surface area contributed by atoms with Gasteiger partial charge in [0.2, 0.25) is 5.66 Å². The Kier molecular flexibility index (Phi) is 2.63. The summed E-state index contributed by atoms with van der Waals surface area (Å²) in [5.41, 5.74) is 1.14. The number of rotatable bonds is 1. The zero-order chi connectivity index (χ0) is 14.6. The Labute approximate surface area is 127 Å². The lowest BCUT2D eigenvalue weighted by atomic mass is 9.91. The first-order chi connectivity index (χ1) is 10.2. The Morgan fingerprint density at radius 1 is 1.19 bits per heavy atom. The van der Waals surface area contributed by atoms with Gasteiger partial charge in [-0.2, -0.15) is 0 Å². The number of quaternary nitrogens is 1. The predicted molar refractivity (Wildman–Crippen MR) is 78.9 cm³/mol. The van der Waals surface area contributed by atoms with Crippen molar-refractivity contribution >= 4 is 17.5 Å². The maximum atomic E-state index is 12.8. The van der Waals surface area contributed by atoms with Crippen LogP contribution in [0.2, 0.25) is 5.02 Å². The van der Waals surface area contributed by atoms with Crippen molar-refractivity contribution < 1.29 is 9.86 Å². The third-order valence-electron chi connectivity index (χ3n) is 4.41. The lowest BCUT2D eigenvalue weighted by molar-refractivity contribution is -0.898. The molecule has 0 radical (unpaired) electrons. The van der Waals surface area contributed by atoms with Gasteiger partial charge in [0.1, 0.15) is 0 Å². The summed E-state index contributed by atoms with van der Waals surface area (Å²) in [4.78, 5) is 14.3. The third kappa shape index (κ3) is 1.50. The molecule has 21 heavy (non-hydrogen) atoms. The monoisotopic (exact) mass is 300 g/mol. The van der Waals surface area contributed by atoms with Gasteiger partial charge in [-0.25, -0.2) is 0 Å². The van der Waals surface area contributed by atoms with Crippen molar-refractivity contribution in [1.29, 1.82) is 0 Å². The van der Waals surface area contributed by atoms with E-state index < -0.39 is 5.66 Å². The summed E-state index contributed by atoms with van der Waals surface area (Å²) in [6.07, 6.45) is 0. The van der Waals surface area contributed by atoms with E-state index in [9.17, 15) is 10.0 Å². The number of amides is 1. The van der Waals surface area contributed by atoms with Crippen LogP contribution in [-0.4, -0.2) is 23.9 Å². The van der Waals surface area contributed by atoms with Crippen LogP contribution in [0.5, 0.6) is 0 Å². The number of hydroxylamine groups is 2. The summed E-state index contributed by atoms with van der Waals surface area (Å²) in [5, 5.41) is 13.4. The molecular formula is C16H13ClN2O2. The third-order valence-corrected chi connectivity index (χ3v) is 4.64. The lowest BCUT2D eigenvalue weighted by Gasteiger charge is -2.39. The molecule has 0 aromatic heterocycles. The van der Waals surface area contributed by atoms with Gasteiger partial charge in [-0.3, -0.25) is 9.69 Å². The fourth-order valence-corrected chi connectivity index (χ4v) is 3.73. The molecule has 2 aromatic rings. The van der Waals surface area contributed by atoms with Gasteiger partial charge in [0, 0.05) is 10.6 Å². The maximum absolute atomic E-state index is 12.8. The van der Waals surface area contributed by atoms with Gasteiger partial charge < -0.3 is 10.3 Å². The van der Waals surface area contributed by atoms with E-state index in [4.69, 9.17) is 11.6 Å². The fraction of sp³-hybridized carbons (Fsp3) is 0.188. The number of nitrogens with zero attached hydrogens (tertiary/aromatic N) is 1. The zero-order valence-corrected chi connectivity index (χ0v) is 11.9. The van der Waals surface area contributed by atoms with Gasteiger partial charge in [-0.1, -0.05) is 41.9 Å². The average molecular weight is 301 g/mol. The Hall–Kier alpha value is -1.88. The van der Waals surface area contributed by atoms with Crippen LogP contribution in [0.1, 0.15) is 21.5 Å². The van der Waals surface area contributed by atoms with Crippen LogP contribution in [0.4, 0.5) is 0 Å². The molecule has 1 fully saturated rings. The van der Waals surface area contributed by atoms with Crippen molar-refractivity contribution in [3.8, 4) is 0 Å². The zero-order valence-electron chi connectivity index (χ0n) is 11.2. The minimum Gasteiger partial charge on any atom is -0.632 e. The van der Waals surface area contributed by atoms with E-state index >= 15 is 0 Å². The lowest BCUT2D eigenvalue weighted by Crippen LogP contribution is -3.13. The first-order valence-electron chi connectivity index (χ1n) is 6.86. The number of halogens is 1. The number of carbonyl (C=O) groups is 1. The van der Waals surface area contributed by atoms with Crippen molar-refractivity contribution in [3.63, 3.8) is 0 Å². The molecule has 106 valence electrons. The van der Waals surface area contributed by atoms with Gasteiger partial charge in [0.15, 0.2) is 0 Å². The molecule has 5 heteroatoms. The minimum atomic E-state index is -0.988. The van der Waals surface area contributed by atoms with Gasteiger partial charge >= 0.3 is 0 Å². The second kappa shape index (κ2) is 4.31. The summed E-state index contributed by atoms with van der Waals surface area (Å²) >= 11 is 6.12. The van der Waals surface area contributed by atoms with E-state index in [2.05, 4.69) is 0 Å². The first-order valence-corrected chi connectivity index (χ1v) is 7.24. The molecular weight excluding hydrogens is 288 g/mol. The molecule has 4 rings (SSSR count). The highest BCUT2D eigenvalue weighted by Gasteiger charge is 2.59. The van der Waals surface area contributed by atoms with E-state index in [1.54, 1.807) is 23.1 Å². The summed E-state index contributed by atoms with van der Waals surface area (Å²) in [6, 6.07) is 14.7. The molecule has 1 amide bonds. The minimum absolute atomic E-state index is 0.0584. The average Bonchev–Trinajstić information content (AvgIpc) is 2.96. The number of fused-ring (bicyclic) bond motifs is 3. The van der Waals surface area contributed by atoms with E-state index in [0.29, 0.717) is 29.2 Å². The molecule has 2 heterocycles. The molecule has 1 saturated heterocycles. The van der Waals surface area contributed by atoms with E-state index in [1.165, 1.54) is 0 Å². The Bertz CT molecular complexity index is 734. The molecule has 0 spiro atoms. The van der Waals surface area contributed by atoms with Crippen molar-refractivity contribution in [2.75, 3.05) is 13.1 Å². The molecule has 1 N–H and O–H groups in total. The van der Waals surface area contributed by atoms with Gasteiger partial charge in [0.05, 0.1) is 24.2 Å². The molecule has 0 saturated carbocycles. The van der Waals surface area contributed by atoms with Crippen LogP contribution in [-0.2, 0) is 5.66 Å². The standard InChI is InChI=1S/C16H13ClN2O2/c17-12-6-7-13-14(10-12)16(11-4-2-1-3-5-11)18(15(13)20)8-9-19(16)21/h1-7,10,19H,8-9H2. The van der Waals surface area contributed by atoms with Crippen LogP contribution in [0, 0.1) is 5.21 Å². The normalized spacial score (nSPS) is 26.9.